The van der Waals surface area contributed by atoms with Gasteiger partial charge in [0.2, 0.25) is 11.8 Å². The van der Waals surface area contributed by atoms with E-state index in [1.165, 1.54) is 5.56 Å². The number of rotatable bonds is 5. The molecule has 2 aromatic carbocycles. The largest absolute Gasteiger partial charge is 0.340 e. The highest BCUT2D eigenvalue weighted by Gasteiger charge is 2.52. The molecule has 1 atom stereocenters. The SMILES string of the molecule is O=C(Cc1ccccc1)N1CCCC12CCCN(CCc1ccccc1)C2=O. The number of nitrogens with zero attached hydrogens (tertiary/aromatic N) is 2. The van der Waals surface area contributed by atoms with Crippen molar-refractivity contribution in [2.75, 3.05) is 19.6 Å². The van der Waals surface area contributed by atoms with E-state index in [9.17, 15) is 9.59 Å². The van der Waals surface area contributed by atoms with Gasteiger partial charge >= 0.3 is 0 Å². The van der Waals surface area contributed by atoms with Crippen molar-refractivity contribution in [1.82, 2.24) is 9.80 Å². The first kappa shape index (κ1) is 18.7. The second-order valence-corrected chi connectivity index (χ2v) is 7.97. The van der Waals surface area contributed by atoms with Crippen LogP contribution in [0.25, 0.3) is 0 Å². The number of hydrogen-bond donors (Lipinski definition) is 0. The molecule has 146 valence electrons. The van der Waals surface area contributed by atoms with Crippen molar-refractivity contribution in [3.63, 3.8) is 0 Å². The molecule has 1 unspecified atom stereocenters. The maximum Gasteiger partial charge on any atom is 0.248 e. The van der Waals surface area contributed by atoms with E-state index in [2.05, 4.69) is 12.1 Å². The van der Waals surface area contributed by atoms with Crippen LogP contribution in [0.2, 0.25) is 0 Å². The van der Waals surface area contributed by atoms with Gasteiger partial charge in [0.05, 0.1) is 6.42 Å². The van der Waals surface area contributed by atoms with Gasteiger partial charge in [0, 0.05) is 19.6 Å². The highest BCUT2D eigenvalue weighted by molar-refractivity contribution is 5.93. The number of carbonyl (C=O) groups excluding carboxylic acids is 2. The van der Waals surface area contributed by atoms with Crippen molar-refractivity contribution in [3.05, 3.63) is 71.8 Å². The van der Waals surface area contributed by atoms with Crippen molar-refractivity contribution in [2.45, 2.75) is 44.1 Å². The Labute approximate surface area is 167 Å². The van der Waals surface area contributed by atoms with E-state index in [0.29, 0.717) is 13.0 Å². The topological polar surface area (TPSA) is 40.6 Å². The molecular formula is C24H28N2O2. The molecule has 4 rings (SSSR count). The highest BCUT2D eigenvalue weighted by atomic mass is 16.2. The number of likely N-dealkylation sites (tertiary alicyclic amines) is 2. The summed E-state index contributed by atoms with van der Waals surface area (Å²) in [6, 6.07) is 20.1. The molecule has 0 N–H and O–H groups in total. The first-order chi connectivity index (χ1) is 13.7. The van der Waals surface area contributed by atoms with Crippen molar-refractivity contribution in [2.24, 2.45) is 0 Å². The van der Waals surface area contributed by atoms with Gasteiger partial charge in [-0.05, 0) is 43.2 Å². The first-order valence-corrected chi connectivity index (χ1v) is 10.4. The third-order valence-corrected chi connectivity index (χ3v) is 6.20. The van der Waals surface area contributed by atoms with Gasteiger partial charge in [-0.25, -0.2) is 0 Å². The number of piperidine rings is 1. The fourth-order valence-corrected chi connectivity index (χ4v) is 4.78. The zero-order valence-electron chi connectivity index (χ0n) is 16.3. The first-order valence-electron chi connectivity index (χ1n) is 10.4. The summed E-state index contributed by atoms with van der Waals surface area (Å²) >= 11 is 0. The van der Waals surface area contributed by atoms with Gasteiger partial charge in [0.25, 0.3) is 0 Å². The van der Waals surface area contributed by atoms with Gasteiger partial charge in [0.15, 0.2) is 0 Å². The van der Waals surface area contributed by atoms with Gasteiger partial charge in [-0.1, -0.05) is 60.7 Å². The van der Waals surface area contributed by atoms with Gasteiger partial charge in [0.1, 0.15) is 5.54 Å². The smallest absolute Gasteiger partial charge is 0.248 e. The molecule has 0 radical (unpaired) electrons. The van der Waals surface area contributed by atoms with E-state index >= 15 is 0 Å². The second-order valence-electron chi connectivity index (χ2n) is 7.97. The predicted octanol–water partition coefficient (Wildman–Crippen LogP) is 3.46. The quantitative estimate of drug-likeness (QED) is 0.802. The Morgan fingerprint density at radius 2 is 1.46 bits per heavy atom. The molecule has 2 aliphatic rings. The maximum absolute atomic E-state index is 13.5. The summed E-state index contributed by atoms with van der Waals surface area (Å²) in [7, 11) is 0. The van der Waals surface area contributed by atoms with E-state index in [0.717, 1.165) is 50.8 Å². The average molecular weight is 376 g/mol. The van der Waals surface area contributed by atoms with Crippen LogP contribution in [-0.2, 0) is 22.4 Å². The van der Waals surface area contributed by atoms with Gasteiger partial charge in [-0.3, -0.25) is 9.59 Å². The molecule has 4 nitrogen and oxygen atoms in total. The lowest BCUT2D eigenvalue weighted by Crippen LogP contribution is -2.61. The third kappa shape index (κ3) is 3.68. The molecule has 0 aromatic heterocycles. The lowest BCUT2D eigenvalue weighted by Gasteiger charge is -2.44. The second kappa shape index (κ2) is 8.17. The van der Waals surface area contributed by atoms with Crippen LogP contribution < -0.4 is 0 Å². The minimum Gasteiger partial charge on any atom is -0.340 e. The fraction of sp³-hybridized carbons (Fsp3) is 0.417. The van der Waals surface area contributed by atoms with E-state index < -0.39 is 5.54 Å². The fourth-order valence-electron chi connectivity index (χ4n) is 4.78. The minimum absolute atomic E-state index is 0.0851. The molecule has 4 heteroatoms. The van der Waals surface area contributed by atoms with Crippen LogP contribution in [0.15, 0.2) is 60.7 Å². The van der Waals surface area contributed by atoms with Crippen LogP contribution in [0.3, 0.4) is 0 Å². The predicted molar refractivity (Wildman–Crippen MR) is 110 cm³/mol. The van der Waals surface area contributed by atoms with Gasteiger partial charge in [-0.15, -0.1) is 0 Å². The summed E-state index contributed by atoms with van der Waals surface area (Å²) in [5.74, 6) is 0.246. The van der Waals surface area contributed by atoms with Gasteiger partial charge in [-0.2, -0.15) is 0 Å². The summed E-state index contributed by atoms with van der Waals surface area (Å²) in [5.41, 5.74) is 1.65. The van der Waals surface area contributed by atoms with Crippen LogP contribution in [0.4, 0.5) is 0 Å². The van der Waals surface area contributed by atoms with E-state index in [1.807, 2.05) is 58.3 Å². The molecule has 2 heterocycles. The molecule has 2 saturated heterocycles. The Hall–Kier alpha value is -2.62. The zero-order chi connectivity index (χ0) is 19.4. The molecule has 2 amide bonds. The lowest BCUT2D eigenvalue weighted by molar-refractivity contribution is -0.155. The van der Waals surface area contributed by atoms with Crippen LogP contribution in [-0.4, -0.2) is 46.8 Å². The summed E-state index contributed by atoms with van der Waals surface area (Å²) < 4.78 is 0. The Morgan fingerprint density at radius 1 is 0.857 bits per heavy atom. The Bertz CT molecular complexity index is 821. The van der Waals surface area contributed by atoms with Crippen LogP contribution in [0.1, 0.15) is 36.8 Å². The summed E-state index contributed by atoms with van der Waals surface area (Å²) in [4.78, 5) is 30.4. The number of amides is 2. The monoisotopic (exact) mass is 376 g/mol. The molecule has 0 saturated carbocycles. The molecule has 2 fully saturated rings. The Balaban J connectivity index is 1.47. The molecule has 1 spiro atoms. The molecule has 0 bridgehead atoms. The Morgan fingerprint density at radius 3 is 2.14 bits per heavy atom. The van der Waals surface area contributed by atoms with Gasteiger partial charge < -0.3 is 9.80 Å². The van der Waals surface area contributed by atoms with Crippen molar-refractivity contribution < 1.29 is 9.59 Å². The number of hydrogen-bond acceptors (Lipinski definition) is 2. The summed E-state index contributed by atoms with van der Waals surface area (Å²) in [6.07, 6.45) is 4.72. The highest BCUT2D eigenvalue weighted by Crippen LogP contribution is 2.38. The zero-order valence-corrected chi connectivity index (χ0v) is 16.3. The molecule has 2 aliphatic heterocycles. The van der Waals surface area contributed by atoms with Crippen LogP contribution in [0.5, 0.6) is 0 Å². The molecule has 2 aromatic rings. The average Bonchev–Trinajstić information content (AvgIpc) is 3.15. The molecule has 0 aliphatic carbocycles. The van der Waals surface area contributed by atoms with Crippen molar-refractivity contribution >= 4 is 11.8 Å². The molecular weight excluding hydrogens is 348 g/mol. The number of carbonyl (C=O) groups is 2. The molecule has 28 heavy (non-hydrogen) atoms. The Kier molecular flexibility index (Phi) is 5.47. The van der Waals surface area contributed by atoms with E-state index in [4.69, 9.17) is 0 Å². The number of benzene rings is 2. The van der Waals surface area contributed by atoms with Crippen molar-refractivity contribution in [1.29, 1.82) is 0 Å². The third-order valence-electron chi connectivity index (χ3n) is 6.20. The normalized spacial score (nSPS) is 22.1. The summed E-state index contributed by atoms with van der Waals surface area (Å²) in [5, 5.41) is 0. The minimum atomic E-state index is -0.610. The van der Waals surface area contributed by atoms with Crippen LogP contribution >= 0.6 is 0 Å². The van der Waals surface area contributed by atoms with E-state index in [-0.39, 0.29) is 11.8 Å². The van der Waals surface area contributed by atoms with Crippen LogP contribution in [0, 0.1) is 0 Å². The summed E-state index contributed by atoms with van der Waals surface area (Å²) in [6.45, 7) is 2.23. The standard InChI is InChI=1S/C24H28N2O2/c27-22(19-21-11-5-2-6-12-21)26-17-8-15-24(26)14-7-16-25(23(24)28)18-13-20-9-3-1-4-10-20/h1-6,9-12H,7-8,13-19H2. The lowest BCUT2D eigenvalue weighted by atomic mass is 9.85. The van der Waals surface area contributed by atoms with E-state index in [1.54, 1.807) is 0 Å². The van der Waals surface area contributed by atoms with Crippen molar-refractivity contribution in [3.8, 4) is 0 Å². The maximum atomic E-state index is 13.5.